The Morgan fingerprint density at radius 3 is 2.37 bits per heavy atom. The number of hydrogen-bond acceptors (Lipinski definition) is 3. The Balaban J connectivity index is 1.90. The molecule has 27 heavy (non-hydrogen) atoms. The first kappa shape index (κ1) is 20.0. The van der Waals surface area contributed by atoms with Gasteiger partial charge in [-0.1, -0.05) is 59.6 Å². The van der Waals surface area contributed by atoms with Crippen molar-refractivity contribution in [1.82, 2.24) is 0 Å². The molecule has 0 amide bonds. The predicted molar refractivity (Wildman–Crippen MR) is 109 cm³/mol. The van der Waals surface area contributed by atoms with Crippen LogP contribution >= 0.6 is 0 Å². The Kier molecular flexibility index (Phi) is 5.18. The zero-order valence-corrected chi connectivity index (χ0v) is 17.4. The highest BCUT2D eigenvalue weighted by molar-refractivity contribution is 5.86. The van der Waals surface area contributed by atoms with Crippen molar-refractivity contribution in [1.29, 1.82) is 0 Å². The number of rotatable bonds is 6. The van der Waals surface area contributed by atoms with Gasteiger partial charge in [-0.2, -0.15) is 0 Å². The Hall–Kier alpha value is -1.77. The molecule has 1 aromatic rings. The van der Waals surface area contributed by atoms with Gasteiger partial charge >= 0.3 is 0 Å². The predicted octanol–water partition coefficient (Wildman–Crippen LogP) is 5.84. The molecule has 0 heterocycles. The van der Waals surface area contributed by atoms with Crippen LogP contribution < -0.4 is 0 Å². The van der Waals surface area contributed by atoms with E-state index in [1.807, 2.05) is 0 Å². The van der Waals surface area contributed by atoms with E-state index in [1.165, 1.54) is 6.42 Å². The van der Waals surface area contributed by atoms with E-state index in [0.29, 0.717) is 17.9 Å². The molecule has 3 aliphatic carbocycles. The topological polar surface area (TPSA) is 57.5 Å². The lowest BCUT2D eigenvalue weighted by Gasteiger charge is -2.59. The van der Waals surface area contributed by atoms with Gasteiger partial charge in [0.2, 0.25) is 0 Å². The zero-order chi connectivity index (χ0) is 20.0. The third kappa shape index (κ3) is 3.41. The molecular weight excluding hydrogens is 336 g/mol. The van der Waals surface area contributed by atoms with E-state index < -0.39 is 0 Å². The average molecular weight is 371 g/mol. The highest BCUT2D eigenvalue weighted by Crippen LogP contribution is 2.64. The molecule has 0 aromatic heterocycles. The van der Waals surface area contributed by atoms with Crippen LogP contribution in [0.4, 0.5) is 0 Å². The van der Waals surface area contributed by atoms with Gasteiger partial charge in [-0.25, -0.2) is 0 Å². The molecule has 0 unspecified atom stereocenters. The Bertz CT molecular complexity index is 734. The van der Waals surface area contributed by atoms with Crippen LogP contribution in [-0.4, -0.2) is 16.0 Å². The Morgan fingerprint density at radius 1 is 1.22 bits per heavy atom. The van der Waals surface area contributed by atoms with Crippen LogP contribution in [0.1, 0.15) is 83.8 Å². The fourth-order valence-electron chi connectivity index (χ4n) is 5.16. The van der Waals surface area contributed by atoms with Gasteiger partial charge in [0.1, 0.15) is 17.3 Å². The molecule has 2 bridgehead atoms. The van der Waals surface area contributed by atoms with Gasteiger partial charge in [0, 0.05) is 29.2 Å². The first-order valence-electron chi connectivity index (χ1n) is 10.4. The normalized spacial score (nSPS) is 27.0. The number of phenols is 2. The summed E-state index contributed by atoms with van der Waals surface area (Å²) in [6.45, 7) is 10.6. The number of fused-ring (bicyclic) bond motifs is 2. The first-order chi connectivity index (χ1) is 12.6. The lowest BCUT2D eigenvalue weighted by molar-refractivity contribution is -0.151. The summed E-state index contributed by atoms with van der Waals surface area (Å²) in [7, 11) is 0. The van der Waals surface area contributed by atoms with Crippen LogP contribution in [0, 0.1) is 17.3 Å². The van der Waals surface area contributed by atoms with Crippen molar-refractivity contribution >= 4 is 5.78 Å². The van der Waals surface area contributed by atoms with E-state index in [0.717, 1.165) is 24.8 Å². The number of carbonyl (C=O) groups is 1. The number of unbranched alkanes of at least 4 members (excludes halogenated alkanes) is 2. The molecule has 3 heteroatoms. The minimum atomic E-state index is -0.273. The lowest BCUT2D eigenvalue weighted by atomic mass is 9.44. The summed E-state index contributed by atoms with van der Waals surface area (Å²) in [6.07, 6.45) is 9.01. The lowest BCUT2D eigenvalue weighted by Crippen LogP contribution is -2.56. The summed E-state index contributed by atoms with van der Waals surface area (Å²) in [5, 5.41) is 21.6. The number of allylic oxidation sites excluding steroid dienone is 2. The van der Waals surface area contributed by atoms with Gasteiger partial charge in [0.25, 0.3) is 0 Å². The van der Waals surface area contributed by atoms with Crippen LogP contribution in [0.25, 0.3) is 0 Å². The third-order valence-corrected chi connectivity index (χ3v) is 7.15. The van der Waals surface area contributed by atoms with Gasteiger partial charge in [-0.3, -0.25) is 4.79 Å². The highest BCUT2D eigenvalue weighted by Gasteiger charge is 2.59. The SMILES string of the molecule is CCCCC=CC(C)(C)c1cc(O)c([C@@H]2CC(=O)[C@@H]3C[C@H]2C3(C)C)c(O)c1. The van der Waals surface area contributed by atoms with Crippen molar-refractivity contribution in [2.45, 2.75) is 78.1 Å². The van der Waals surface area contributed by atoms with Crippen molar-refractivity contribution in [3.05, 3.63) is 35.4 Å². The summed E-state index contributed by atoms with van der Waals surface area (Å²) < 4.78 is 0. The molecule has 2 N–H and O–H groups in total. The maximum Gasteiger partial charge on any atom is 0.137 e. The Morgan fingerprint density at radius 2 is 1.85 bits per heavy atom. The fourth-order valence-corrected chi connectivity index (χ4v) is 5.16. The molecule has 3 fully saturated rings. The first-order valence-corrected chi connectivity index (χ1v) is 10.4. The van der Waals surface area contributed by atoms with Crippen molar-refractivity contribution in [2.75, 3.05) is 0 Å². The number of carbonyl (C=O) groups excluding carboxylic acids is 1. The number of Topliss-reactive ketones (excluding diaryl/α,β-unsaturated/α-hetero) is 1. The number of phenolic OH excluding ortho intramolecular Hbond substituents is 2. The van der Waals surface area contributed by atoms with Gasteiger partial charge < -0.3 is 10.2 Å². The van der Waals surface area contributed by atoms with Gasteiger partial charge in [0.15, 0.2) is 0 Å². The van der Waals surface area contributed by atoms with Crippen molar-refractivity contribution in [2.24, 2.45) is 17.3 Å². The van der Waals surface area contributed by atoms with Gasteiger partial charge in [-0.05, 0) is 41.9 Å². The maximum atomic E-state index is 12.5. The van der Waals surface area contributed by atoms with Gasteiger partial charge in [0.05, 0.1) is 0 Å². The van der Waals surface area contributed by atoms with Crippen LogP contribution in [0.2, 0.25) is 0 Å². The molecule has 3 aliphatic rings. The second-order valence-corrected chi connectivity index (χ2v) is 9.69. The molecule has 3 nitrogen and oxygen atoms in total. The molecule has 0 spiro atoms. The molecule has 0 saturated heterocycles. The van der Waals surface area contributed by atoms with Crippen LogP contribution in [-0.2, 0) is 10.2 Å². The molecular formula is C24H34O3. The fraction of sp³-hybridized carbons (Fsp3) is 0.625. The van der Waals surface area contributed by atoms with E-state index in [1.54, 1.807) is 12.1 Å². The molecule has 148 valence electrons. The van der Waals surface area contributed by atoms with Gasteiger partial charge in [-0.15, -0.1) is 0 Å². The molecule has 4 rings (SSSR count). The molecule has 0 radical (unpaired) electrons. The van der Waals surface area contributed by atoms with Crippen molar-refractivity contribution < 1.29 is 15.0 Å². The molecule has 3 saturated carbocycles. The third-order valence-electron chi connectivity index (χ3n) is 7.15. The largest absolute Gasteiger partial charge is 0.508 e. The van der Waals surface area contributed by atoms with E-state index >= 15 is 0 Å². The Labute approximate surface area is 163 Å². The van der Waals surface area contributed by atoms with Crippen molar-refractivity contribution in [3.63, 3.8) is 0 Å². The van der Waals surface area contributed by atoms with E-state index in [9.17, 15) is 15.0 Å². The molecule has 0 aliphatic heterocycles. The minimum Gasteiger partial charge on any atom is -0.508 e. The second-order valence-electron chi connectivity index (χ2n) is 9.69. The van der Waals surface area contributed by atoms with E-state index in [2.05, 4.69) is 46.8 Å². The summed E-state index contributed by atoms with van der Waals surface area (Å²) in [5.41, 5.74) is 1.14. The van der Waals surface area contributed by atoms with Crippen LogP contribution in [0.3, 0.4) is 0 Å². The maximum absolute atomic E-state index is 12.5. The minimum absolute atomic E-state index is 0.0428. The molecule has 1 aromatic carbocycles. The number of benzene rings is 1. The standard InChI is InChI=1S/C24H34O3/c1-6-7-8-9-10-23(2,3)15-11-20(26)22(21(27)12-15)16-13-19(25)18-14-17(16)24(18,4)5/h9-12,16-18,26-27H,6-8,13-14H2,1-5H3/t16-,17-,18+/m1/s1. The number of aromatic hydroxyl groups is 2. The smallest absolute Gasteiger partial charge is 0.137 e. The average Bonchev–Trinajstić information content (AvgIpc) is 2.57. The van der Waals surface area contributed by atoms with E-state index in [4.69, 9.17) is 0 Å². The second kappa shape index (κ2) is 7.00. The summed E-state index contributed by atoms with van der Waals surface area (Å²) in [6, 6.07) is 3.56. The van der Waals surface area contributed by atoms with E-state index in [-0.39, 0.29) is 39.9 Å². The number of ketones is 1. The molecule has 3 atom stereocenters. The summed E-state index contributed by atoms with van der Waals surface area (Å²) >= 11 is 0. The number of hydrogen-bond donors (Lipinski definition) is 2. The van der Waals surface area contributed by atoms with Crippen LogP contribution in [0.15, 0.2) is 24.3 Å². The summed E-state index contributed by atoms with van der Waals surface area (Å²) in [5.74, 6) is 0.918. The highest BCUT2D eigenvalue weighted by atomic mass is 16.3. The van der Waals surface area contributed by atoms with Crippen LogP contribution in [0.5, 0.6) is 11.5 Å². The quantitative estimate of drug-likeness (QED) is 0.488. The van der Waals surface area contributed by atoms with Crippen molar-refractivity contribution in [3.8, 4) is 11.5 Å². The monoisotopic (exact) mass is 370 g/mol. The summed E-state index contributed by atoms with van der Waals surface area (Å²) in [4.78, 5) is 12.5. The zero-order valence-electron chi connectivity index (χ0n) is 17.4.